The van der Waals surface area contributed by atoms with Gasteiger partial charge in [-0.3, -0.25) is 4.57 Å². The molecule has 0 bridgehead atoms. The van der Waals surface area contributed by atoms with Gasteiger partial charge in [0.1, 0.15) is 5.75 Å². The molecule has 0 aliphatic rings. The molecule has 4 nitrogen and oxygen atoms in total. The highest BCUT2D eigenvalue weighted by Gasteiger charge is 2.29. The molecule has 132 valence electrons. The smallest absolute Gasteiger partial charge is 0.335 e. The minimum Gasteiger partial charge on any atom is -0.507 e. The van der Waals surface area contributed by atoms with Crippen molar-refractivity contribution in [2.24, 2.45) is 0 Å². The molecule has 0 amide bonds. The summed E-state index contributed by atoms with van der Waals surface area (Å²) >= 11 is 0. The molecular formula is C18H31O4P. The lowest BCUT2D eigenvalue weighted by atomic mass is 9.84. The molecule has 0 radical (unpaired) electrons. The Bertz CT molecular complexity index is 571. The Morgan fingerprint density at radius 3 is 1.96 bits per heavy atom. The van der Waals surface area contributed by atoms with Crippen LogP contribution in [0.4, 0.5) is 0 Å². The quantitative estimate of drug-likeness (QED) is 0.690. The van der Waals surface area contributed by atoms with E-state index in [0.29, 0.717) is 5.75 Å². The topological polar surface area (TPSA) is 55.8 Å². The predicted molar refractivity (Wildman–Crippen MR) is 95.3 cm³/mol. The maximum absolute atomic E-state index is 13.1. The van der Waals surface area contributed by atoms with Crippen molar-refractivity contribution in [2.45, 2.75) is 79.2 Å². The minimum atomic E-state index is -3.24. The van der Waals surface area contributed by atoms with Crippen molar-refractivity contribution in [1.82, 2.24) is 0 Å². The van der Waals surface area contributed by atoms with E-state index in [1.807, 2.05) is 67.5 Å². The van der Waals surface area contributed by atoms with E-state index < -0.39 is 7.60 Å². The monoisotopic (exact) mass is 342 g/mol. The largest absolute Gasteiger partial charge is 0.507 e. The van der Waals surface area contributed by atoms with Crippen LogP contribution in [0, 0.1) is 6.92 Å². The number of benzene rings is 1. The number of hydrogen-bond donors (Lipinski definition) is 1. The van der Waals surface area contributed by atoms with Crippen molar-refractivity contribution in [1.29, 1.82) is 0 Å². The molecule has 1 aromatic carbocycles. The third-order valence-corrected chi connectivity index (χ3v) is 5.53. The van der Waals surface area contributed by atoms with Gasteiger partial charge in [0.05, 0.1) is 18.4 Å². The van der Waals surface area contributed by atoms with Gasteiger partial charge in [-0.15, -0.1) is 0 Å². The fourth-order valence-corrected chi connectivity index (χ4v) is 4.60. The molecule has 23 heavy (non-hydrogen) atoms. The van der Waals surface area contributed by atoms with Gasteiger partial charge in [-0.25, -0.2) is 0 Å². The summed E-state index contributed by atoms with van der Waals surface area (Å²) in [4.78, 5) is 0. The Hall–Kier alpha value is -0.830. The highest BCUT2D eigenvalue weighted by Crippen LogP contribution is 2.54. The number of aryl methyl sites for hydroxylation is 1. The second-order valence-electron chi connectivity index (χ2n) is 7.64. The van der Waals surface area contributed by atoms with Gasteiger partial charge in [-0.1, -0.05) is 32.9 Å². The van der Waals surface area contributed by atoms with Crippen molar-refractivity contribution in [3.63, 3.8) is 0 Å². The maximum Gasteiger partial charge on any atom is 0.335 e. The predicted octanol–water partition coefficient (Wildman–Crippen LogP) is 5.54. The van der Waals surface area contributed by atoms with Crippen molar-refractivity contribution >= 4 is 7.60 Å². The summed E-state index contributed by atoms with van der Waals surface area (Å²) in [5.74, 6) is 0.297. The summed E-state index contributed by atoms with van der Waals surface area (Å²) in [5.41, 5.74) is 2.27. The van der Waals surface area contributed by atoms with Crippen LogP contribution >= 0.6 is 7.60 Å². The van der Waals surface area contributed by atoms with Crippen molar-refractivity contribution in [3.05, 3.63) is 28.8 Å². The Balaban J connectivity index is 3.24. The lowest BCUT2D eigenvalue weighted by Crippen LogP contribution is -2.13. The highest BCUT2D eigenvalue weighted by molar-refractivity contribution is 7.53. The standard InChI is InChI=1S/C18H31O4P/c1-12(2)21-23(20,22-13(3)4)11-15-9-14(5)17(19)16(10-15)18(6,7)8/h9-10,12-13,19H,11H2,1-8H3. The highest BCUT2D eigenvalue weighted by atomic mass is 31.2. The molecule has 0 spiro atoms. The van der Waals surface area contributed by atoms with E-state index in [4.69, 9.17) is 9.05 Å². The first-order chi connectivity index (χ1) is 10.3. The molecular weight excluding hydrogens is 311 g/mol. The van der Waals surface area contributed by atoms with Gasteiger partial charge in [-0.2, -0.15) is 0 Å². The zero-order valence-electron chi connectivity index (χ0n) is 15.6. The molecule has 0 saturated carbocycles. The van der Waals surface area contributed by atoms with E-state index >= 15 is 0 Å². The van der Waals surface area contributed by atoms with Crippen LogP contribution in [0.3, 0.4) is 0 Å². The number of rotatable bonds is 6. The minimum absolute atomic E-state index is 0.181. The Kier molecular flexibility index (Phi) is 6.48. The number of phenols is 1. The number of hydrogen-bond acceptors (Lipinski definition) is 4. The first-order valence-corrected chi connectivity index (χ1v) is 9.85. The van der Waals surface area contributed by atoms with Crippen LogP contribution in [-0.4, -0.2) is 17.3 Å². The summed E-state index contributed by atoms with van der Waals surface area (Å²) in [6, 6.07) is 3.76. The molecule has 1 rings (SSSR count). The molecule has 0 unspecified atom stereocenters. The van der Waals surface area contributed by atoms with Crippen LogP contribution in [0.1, 0.15) is 65.2 Å². The van der Waals surface area contributed by atoms with Crippen LogP contribution in [0.15, 0.2) is 12.1 Å². The lowest BCUT2D eigenvalue weighted by Gasteiger charge is -2.25. The van der Waals surface area contributed by atoms with Crippen LogP contribution in [0.25, 0.3) is 0 Å². The fraction of sp³-hybridized carbons (Fsp3) is 0.667. The maximum atomic E-state index is 13.1. The Morgan fingerprint density at radius 2 is 1.57 bits per heavy atom. The Labute approximate surface area is 140 Å². The van der Waals surface area contributed by atoms with Gasteiger partial charge in [-0.05, 0) is 56.7 Å². The Morgan fingerprint density at radius 1 is 1.09 bits per heavy atom. The first-order valence-electron chi connectivity index (χ1n) is 8.13. The molecule has 0 heterocycles. The van der Waals surface area contributed by atoms with E-state index in [-0.39, 0.29) is 23.8 Å². The van der Waals surface area contributed by atoms with Gasteiger partial charge < -0.3 is 14.2 Å². The van der Waals surface area contributed by atoms with E-state index in [9.17, 15) is 9.67 Å². The van der Waals surface area contributed by atoms with Gasteiger partial charge in [0.15, 0.2) is 0 Å². The summed E-state index contributed by atoms with van der Waals surface area (Å²) in [7, 11) is -3.24. The van der Waals surface area contributed by atoms with E-state index in [0.717, 1.165) is 16.7 Å². The molecule has 1 N–H and O–H groups in total. The summed E-state index contributed by atoms with van der Waals surface area (Å²) < 4.78 is 24.3. The second-order valence-corrected chi connectivity index (χ2v) is 9.60. The SMILES string of the molecule is Cc1cc(CP(=O)(OC(C)C)OC(C)C)cc(C(C)(C)C)c1O. The summed E-state index contributed by atoms with van der Waals surface area (Å²) in [5, 5.41) is 10.3. The van der Waals surface area contributed by atoms with Gasteiger partial charge in [0.2, 0.25) is 0 Å². The van der Waals surface area contributed by atoms with Crippen LogP contribution in [0.5, 0.6) is 5.75 Å². The first kappa shape index (κ1) is 20.2. The van der Waals surface area contributed by atoms with Crippen LogP contribution in [-0.2, 0) is 25.2 Å². The van der Waals surface area contributed by atoms with E-state index in [2.05, 4.69) is 0 Å². The second kappa shape index (κ2) is 7.38. The number of phenolic OH excluding ortho intramolecular Hbond substituents is 1. The average molecular weight is 342 g/mol. The van der Waals surface area contributed by atoms with Crippen molar-refractivity contribution < 1.29 is 18.7 Å². The molecule has 0 fully saturated rings. The zero-order valence-corrected chi connectivity index (χ0v) is 16.5. The van der Waals surface area contributed by atoms with Crippen molar-refractivity contribution in [2.75, 3.05) is 0 Å². The molecule has 0 atom stereocenters. The third-order valence-electron chi connectivity index (χ3n) is 3.29. The molecule has 1 aromatic rings. The van der Waals surface area contributed by atoms with Crippen molar-refractivity contribution in [3.8, 4) is 5.75 Å². The van der Waals surface area contributed by atoms with E-state index in [1.54, 1.807) is 0 Å². The zero-order chi connectivity index (χ0) is 18.0. The summed E-state index contributed by atoms with van der Waals surface area (Å²) in [6.45, 7) is 15.4. The summed E-state index contributed by atoms with van der Waals surface area (Å²) in [6.07, 6.45) is -0.159. The molecule has 5 heteroatoms. The third kappa shape index (κ3) is 5.95. The molecule has 0 aromatic heterocycles. The van der Waals surface area contributed by atoms with Gasteiger partial charge in [0.25, 0.3) is 0 Å². The van der Waals surface area contributed by atoms with Crippen LogP contribution in [0.2, 0.25) is 0 Å². The lowest BCUT2D eigenvalue weighted by molar-refractivity contribution is 0.141. The average Bonchev–Trinajstić information content (AvgIpc) is 2.29. The van der Waals surface area contributed by atoms with E-state index in [1.165, 1.54) is 0 Å². The normalized spacial score (nSPS) is 13.1. The van der Waals surface area contributed by atoms with Gasteiger partial charge in [0, 0.05) is 0 Å². The molecule has 0 saturated heterocycles. The fourth-order valence-electron chi connectivity index (χ4n) is 2.48. The number of aromatic hydroxyl groups is 1. The molecule has 0 aliphatic carbocycles. The van der Waals surface area contributed by atoms with Gasteiger partial charge >= 0.3 is 7.60 Å². The molecule has 0 aliphatic heterocycles. The van der Waals surface area contributed by atoms with Crippen LogP contribution < -0.4 is 0 Å².